The molecule has 0 radical (unpaired) electrons. The monoisotopic (exact) mass is 376 g/mol. The molecule has 6 nitrogen and oxygen atoms in total. The first kappa shape index (κ1) is 25.3. The molecule has 6 heteroatoms. The Morgan fingerprint density at radius 3 is 1.58 bits per heavy atom. The van der Waals surface area contributed by atoms with E-state index in [-0.39, 0.29) is 5.97 Å². The molecule has 0 aromatic heterocycles. The molecule has 0 saturated carbocycles. The van der Waals surface area contributed by atoms with E-state index < -0.39 is 0 Å². The molecule has 0 aromatic carbocycles. The summed E-state index contributed by atoms with van der Waals surface area (Å²) in [7, 11) is 0. The first-order valence-electron chi connectivity index (χ1n) is 10.3. The van der Waals surface area contributed by atoms with Crippen molar-refractivity contribution in [3.63, 3.8) is 0 Å². The van der Waals surface area contributed by atoms with E-state index in [4.69, 9.17) is 23.7 Å². The summed E-state index contributed by atoms with van der Waals surface area (Å²) in [6.07, 6.45) is 8.80. The number of carbonyl (C=O) groups excluding carboxylic acids is 1. The summed E-state index contributed by atoms with van der Waals surface area (Å²) in [5, 5.41) is 0. The van der Waals surface area contributed by atoms with Gasteiger partial charge in [-0.25, -0.2) is 0 Å². The molecule has 0 aromatic rings. The maximum absolute atomic E-state index is 11.1. The molecule has 0 rings (SSSR count). The molecule has 0 amide bonds. The van der Waals surface area contributed by atoms with Crippen LogP contribution in [0, 0.1) is 0 Å². The Bertz CT molecular complexity index is 285. The van der Waals surface area contributed by atoms with Crippen molar-refractivity contribution < 1.29 is 28.5 Å². The van der Waals surface area contributed by atoms with Gasteiger partial charge in [-0.05, 0) is 19.8 Å². The molecule has 0 fully saturated rings. The minimum Gasteiger partial charge on any atom is -0.466 e. The molecule has 0 saturated heterocycles. The third-order valence-corrected chi connectivity index (χ3v) is 3.73. The van der Waals surface area contributed by atoms with Crippen LogP contribution in [0.15, 0.2) is 0 Å². The minimum absolute atomic E-state index is 0.166. The minimum atomic E-state index is -0.166. The van der Waals surface area contributed by atoms with Gasteiger partial charge in [0.1, 0.15) is 0 Å². The van der Waals surface area contributed by atoms with Crippen molar-refractivity contribution in [2.75, 3.05) is 59.5 Å². The summed E-state index contributed by atoms with van der Waals surface area (Å²) in [5.74, 6) is -0.166. The summed E-state index contributed by atoms with van der Waals surface area (Å²) in [5.41, 5.74) is 0. The molecule has 0 aliphatic heterocycles. The maximum atomic E-state index is 11.1. The van der Waals surface area contributed by atoms with Crippen LogP contribution in [0.25, 0.3) is 0 Å². The van der Waals surface area contributed by atoms with Crippen molar-refractivity contribution in [2.24, 2.45) is 0 Å². The summed E-state index contributed by atoms with van der Waals surface area (Å²) in [6.45, 7) is 9.32. The average Bonchev–Trinajstić information content (AvgIpc) is 2.64. The van der Waals surface area contributed by atoms with Crippen molar-refractivity contribution >= 4 is 5.97 Å². The number of carbonyl (C=O) groups is 1. The standard InChI is InChI=1S/C20H40O6/c1-3-5-6-7-8-9-12-22-14-16-24-18-19-25-17-15-23-13-10-11-20(21)26-4-2/h3-19H2,1-2H3. The summed E-state index contributed by atoms with van der Waals surface area (Å²) < 4.78 is 26.6. The molecule has 0 bridgehead atoms. The van der Waals surface area contributed by atoms with Crippen molar-refractivity contribution in [1.29, 1.82) is 0 Å². The van der Waals surface area contributed by atoms with Crippen LogP contribution in [-0.4, -0.2) is 65.4 Å². The van der Waals surface area contributed by atoms with Gasteiger partial charge in [0.25, 0.3) is 0 Å². The second-order valence-electron chi connectivity index (χ2n) is 6.13. The second kappa shape index (κ2) is 22.4. The van der Waals surface area contributed by atoms with E-state index in [9.17, 15) is 4.79 Å². The van der Waals surface area contributed by atoms with Gasteiger partial charge in [0.05, 0.1) is 46.2 Å². The van der Waals surface area contributed by atoms with Gasteiger partial charge in [0.2, 0.25) is 0 Å². The lowest BCUT2D eigenvalue weighted by atomic mass is 10.1. The number of unbranched alkanes of at least 4 members (excludes halogenated alkanes) is 5. The highest BCUT2D eigenvalue weighted by molar-refractivity contribution is 5.69. The predicted molar refractivity (Wildman–Crippen MR) is 103 cm³/mol. The molecule has 0 aliphatic carbocycles. The number of rotatable bonds is 21. The van der Waals surface area contributed by atoms with E-state index >= 15 is 0 Å². The van der Waals surface area contributed by atoms with E-state index in [0.29, 0.717) is 65.7 Å². The fourth-order valence-corrected chi connectivity index (χ4v) is 2.30. The van der Waals surface area contributed by atoms with Gasteiger partial charge in [-0.1, -0.05) is 39.0 Å². The van der Waals surface area contributed by atoms with Crippen molar-refractivity contribution in [1.82, 2.24) is 0 Å². The third-order valence-electron chi connectivity index (χ3n) is 3.73. The van der Waals surface area contributed by atoms with Crippen LogP contribution in [0.5, 0.6) is 0 Å². The van der Waals surface area contributed by atoms with Gasteiger partial charge >= 0.3 is 5.97 Å². The van der Waals surface area contributed by atoms with Gasteiger partial charge < -0.3 is 23.7 Å². The smallest absolute Gasteiger partial charge is 0.305 e. The zero-order chi connectivity index (χ0) is 19.1. The van der Waals surface area contributed by atoms with Crippen molar-refractivity contribution in [3.05, 3.63) is 0 Å². The fraction of sp³-hybridized carbons (Fsp3) is 0.950. The first-order chi connectivity index (χ1) is 12.8. The van der Waals surface area contributed by atoms with Crippen molar-refractivity contribution in [3.8, 4) is 0 Å². The lowest BCUT2D eigenvalue weighted by molar-refractivity contribution is -0.143. The van der Waals surface area contributed by atoms with E-state index in [0.717, 1.165) is 13.0 Å². The Balaban J connectivity index is 3.02. The molecule has 0 N–H and O–H groups in total. The average molecular weight is 377 g/mol. The van der Waals surface area contributed by atoms with Crippen LogP contribution in [0.4, 0.5) is 0 Å². The highest BCUT2D eigenvalue weighted by Gasteiger charge is 2.00. The van der Waals surface area contributed by atoms with Crippen LogP contribution < -0.4 is 0 Å². The van der Waals surface area contributed by atoms with Crippen LogP contribution in [0.2, 0.25) is 0 Å². The predicted octanol–water partition coefficient (Wildman–Crippen LogP) is 3.76. The summed E-state index contributed by atoms with van der Waals surface area (Å²) >= 11 is 0. The molecule has 26 heavy (non-hydrogen) atoms. The third kappa shape index (κ3) is 21.4. The Kier molecular flexibility index (Phi) is 21.8. The van der Waals surface area contributed by atoms with Crippen molar-refractivity contribution in [2.45, 2.75) is 65.2 Å². The first-order valence-corrected chi connectivity index (χ1v) is 10.3. The van der Waals surface area contributed by atoms with Gasteiger partial charge in [0.15, 0.2) is 0 Å². The Morgan fingerprint density at radius 1 is 0.577 bits per heavy atom. The Hall–Kier alpha value is -0.690. The van der Waals surface area contributed by atoms with E-state index in [1.54, 1.807) is 6.92 Å². The van der Waals surface area contributed by atoms with Gasteiger partial charge in [-0.15, -0.1) is 0 Å². The lowest BCUT2D eigenvalue weighted by Gasteiger charge is -2.07. The topological polar surface area (TPSA) is 63.2 Å². The van der Waals surface area contributed by atoms with Gasteiger partial charge in [-0.3, -0.25) is 4.79 Å². The Labute approximate surface area is 159 Å². The van der Waals surface area contributed by atoms with Gasteiger partial charge in [0, 0.05) is 19.6 Å². The molecule has 156 valence electrons. The molecule has 0 atom stereocenters. The second-order valence-corrected chi connectivity index (χ2v) is 6.13. The Morgan fingerprint density at radius 2 is 1.04 bits per heavy atom. The normalized spacial score (nSPS) is 11.0. The fourth-order valence-electron chi connectivity index (χ4n) is 2.30. The van der Waals surface area contributed by atoms with E-state index in [1.807, 2.05) is 0 Å². The van der Waals surface area contributed by atoms with Crippen LogP contribution in [0.1, 0.15) is 65.2 Å². The van der Waals surface area contributed by atoms with Crippen LogP contribution in [-0.2, 0) is 28.5 Å². The molecule has 0 aliphatic rings. The maximum Gasteiger partial charge on any atom is 0.305 e. The molecular formula is C20H40O6. The van der Waals surface area contributed by atoms with Crippen LogP contribution >= 0.6 is 0 Å². The molecule has 0 unspecified atom stereocenters. The highest BCUT2D eigenvalue weighted by atomic mass is 16.6. The molecular weight excluding hydrogens is 336 g/mol. The largest absolute Gasteiger partial charge is 0.466 e. The number of esters is 1. The summed E-state index contributed by atoms with van der Waals surface area (Å²) in [4.78, 5) is 11.1. The SMILES string of the molecule is CCCCCCCCOCCOCCOCCOCCCC(=O)OCC. The van der Waals surface area contributed by atoms with E-state index in [2.05, 4.69) is 6.92 Å². The quantitative estimate of drug-likeness (QED) is 0.224. The number of hydrogen-bond donors (Lipinski definition) is 0. The zero-order valence-electron chi connectivity index (χ0n) is 17.0. The summed E-state index contributed by atoms with van der Waals surface area (Å²) in [6, 6.07) is 0. The van der Waals surface area contributed by atoms with Crippen LogP contribution in [0.3, 0.4) is 0 Å². The van der Waals surface area contributed by atoms with Gasteiger partial charge in [-0.2, -0.15) is 0 Å². The zero-order valence-corrected chi connectivity index (χ0v) is 17.0. The highest BCUT2D eigenvalue weighted by Crippen LogP contribution is 2.04. The number of ether oxygens (including phenoxy) is 5. The van der Waals surface area contributed by atoms with E-state index in [1.165, 1.54) is 32.1 Å². The molecule has 0 spiro atoms. The molecule has 0 heterocycles. The lowest BCUT2D eigenvalue weighted by Crippen LogP contribution is -2.12. The number of hydrogen-bond acceptors (Lipinski definition) is 6.